The van der Waals surface area contributed by atoms with E-state index >= 15 is 0 Å². The average Bonchev–Trinajstić information content (AvgIpc) is 2.40. The van der Waals surface area contributed by atoms with Crippen molar-refractivity contribution in [2.75, 3.05) is 19.1 Å². The van der Waals surface area contributed by atoms with Crippen molar-refractivity contribution in [1.29, 1.82) is 0 Å². The summed E-state index contributed by atoms with van der Waals surface area (Å²) in [7, 11) is 2.98. The van der Waals surface area contributed by atoms with Crippen LogP contribution in [0, 0.1) is 0 Å². The summed E-state index contributed by atoms with van der Waals surface area (Å²) in [6, 6.07) is 6.98. The Morgan fingerprint density at radius 3 is 2.58 bits per heavy atom. The second-order valence-corrected chi connectivity index (χ2v) is 4.65. The highest BCUT2D eigenvalue weighted by molar-refractivity contribution is 6.01. The normalized spacial score (nSPS) is 14.4. The van der Waals surface area contributed by atoms with E-state index in [4.69, 9.17) is 4.74 Å². The Hall–Kier alpha value is -2.04. The first kappa shape index (κ1) is 13.4. The summed E-state index contributed by atoms with van der Waals surface area (Å²) in [6.45, 7) is 0. The number of nitrogens with zero attached hydrogens (tertiary/aromatic N) is 1. The van der Waals surface area contributed by atoms with Gasteiger partial charge in [0.25, 0.3) is 0 Å². The quantitative estimate of drug-likeness (QED) is 0.849. The van der Waals surface area contributed by atoms with E-state index in [2.05, 4.69) is 5.32 Å². The van der Waals surface area contributed by atoms with Crippen molar-refractivity contribution in [3.05, 3.63) is 29.8 Å². The molecule has 102 valence electrons. The fraction of sp³-hybridized carbons (Fsp3) is 0.429. The molecule has 0 heterocycles. The van der Waals surface area contributed by atoms with Gasteiger partial charge in [-0.15, -0.1) is 0 Å². The monoisotopic (exact) mass is 262 g/mol. The molecule has 5 heteroatoms. The summed E-state index contributed by atoms with van der Waals surface area (Å²) in [5.41, 5.74) is 0.933. The van der Waals surface area contributed by atoms with E-state index in [-0.39, 0.29) is 12.1 Å². The molecule has 2 rings (SSSR count). The fourth-order valence-corrected chi connectivity index (χ4v) is 1.98. The number of carbonyl (C=O) groups excluding carboxylic acids is 2. The van der Waals surface area contributed by atoms with Gasteiger partial charge in [-0.3, -0.25) is 4.90 Å². The first-order chi connectivity index (χ1) is 9.13. The van der Waals surface area contributed by atoms with Crippen molar-refractivity contribution >= 4 is 17.7 Å². The molecule has 2 amide bonds. The third-order valence-electron chi connectivity index (χ3n) is 3.41. The van der Waals surface area contributed by atoms with Gasteiger partial charge in [-0.05, 0) is 31.4 Å². The predicted octanol–water partition coefficient (Wildman–Crippen LogP) is 2.17. The van der Waals surface area contributed by atoms with E-state index < -0.39 is 5.97 Å². The Bertz CT molecular complexity index is 483. The largest absolute Gasteiger partial charge is 0.465 e. The first-order valence-electron chi connectivity index (χ1n) is 6.35. The summed E-state index contributed by atoms with van der Waals surface area (Å²) in [6.07, 6.45) is 3.21. The molecule has 0 spiro atoms. The number of anilines is 1. The molecule has 1 saturated carbocycles. The maximum Gasteiger partial charge on any atom is 0.339 e. The zero-order valence-corrected chi connectivity index (χ0v) is 11.2. The summed E-state index contributed by atoms with van der Waals surface area (Å²) in [5, 5.41) is 2.93. The van der Waals surface area contributed by atoms with Crippen LogP contribution in [-0.4, -0.2) is 32.2 Å². The van der Waals surface area contributed by atoms with Gasteiger partial charge in [-0.2, -0.15) is 0 Å². The number of hydrogen-bond acceptors (Lipinski definition) is 3. The van der Waals surface area contributed by atoms with Crippen molar-refractivity contribution in [3.8, 4) is 0 Å². The second kappa shape index (κ2) is 5.73. The van der Waals surface area contributed by atoms with E-state index in [1.807, 2.05) is 0 Å². The van der Waals surface area contributed by atoms with Gasteiger partial charge in [0.05, 0.1) is 18.4 Å². The zero-order chi connectivity index (χ0) is 13.8. The molecule has 1 aliphatic carbocycles. The number of esters is 1. The van der Waals surface area contributed by atoms with Crippen molar-refractivity contribution < 1.29 is 14.3 Å². The number of para-hydroxylation sites is 1. The van der Waals surface area contributed by atoms with E-state index in [1.54, 1.807) is 31.3 Å². The maximum atomic E-state index is 12.1. The van der Waals surface area contributed by atoms with Crippen LogP contribution < -0.4 is 10.2 Å². The van der Waals surface area contributed by atoms with Crippen LogP contribution in [-0.2, 0) is 4.74 Å². The molecule has 1 fully saturated rings. The Morgan fingerprint density at radius 2 is 2.00 bits per heavy atom. The molecule has 0 radical (unpaired) electrons. The highest BCUT2D eigenvalue weighted by atomic mass is 16.5. The van der Waals surface area contributed by atoms with E-state index in [9.17, 15) is 9.59 Å². The van der Waals surface area contributed by atoms with Crippen LogP contribution in [0.15, 0.2) is 24.3 Å². The Morgan fingerprint density at radius 1 is 1.32 bits per heavy atom. The van der Waals surface area contributed by atoms with Crippen molar-refractivity contribution in [1.82, 2.24) is 5.32 Å². The topological polar surface area (TPSA) is 58.6 Å². The number of nitrogens with one attached hydrogen (secondary N) is 1. The van der Waals surface area contributed by atoms with Crippen LogP contribution in [0.25, 0.3) is 0 Å². The third-order valence-corrected chi connectivity index (χ3v) is 3.41. The zero-order valence-electron chi connectivity index (χ0n) is 11.2. The second-order valence-electron chi connectivity index (χ2n) is 4.65. The minimum Gasteiger partial charge on any atom is -0.465 e. The van der Waals surface area contributed by atoms with Crippen molar-refractivity contribution in [3.63, 3.8) is 0 Å². The molecule has 5 nitrogen and oxygen atoms in total. The van der Waals surface area contributed by atoms with Crippen molar-refractivity contribution in [2.45, 2.75) is 25.3 Å². The molecule has 0 aromatic heterocycles. The van der Waals surface area contributed by atoms with Gasteiger partial charge < -0.3 is 10.1 Å². The lowest BCUT2D eigenvalue weighted by Crippen LogP contribution is -2.46. The molecule has 1 N–H and O–H groups in total. The lowest BCUT2D eigenvalue weighted by molar-refractivity contribution is 0.0601. The Balaban J connectivity index is 2.15. The van der Waals surface area contributed by atoms with Gasteiger partial charge >= 0.3 is 12.0 Å². The number of ether oxygens (including phenoxy) is 1. The van der Waals surface area contributed by atoms with E-state index in [1.165, 1.54) is 12.0 Å². The van der Waals surface area contributed by atoms with Gasteiger partial charge in [-0.25, -0.2) is 9.59 Å². The predicted molar refractivity (Wildman–Crippen MR) is 72.4 cm³/mol. The van der Waals surface area contributed by atoms with Gasteiger partial charge in [0, 0.05) is 13.1 Å². The van der Waals surface area contributed by atoms with E-state index in [0.29, 0.717) is 11.3 Å². The molecule has 1 aliphatic rings. The molecule has 0 aliphatic heterocycles. The van der Waals surface area contributed by atoms with Crippen LogP contribution >= 0.6 is 0 Å². The highest BCUT2D eigenvalue weighted by Crippen LogP contribution is 2.22. The van der Waals surface area contributed by atoms with E-state index in [0.717, 1.165) is 19.3 Å². The molecular weight excluding hydrogens is 244 g/mol. The Kier molecular flexibility index (Phi) is 4.04. The lowest BCUT2D eigenvalue weighted by Gasteiger charge is -2.29. The summed E-state index contributed by atoms with van der Waals surface area (Å²) in [4.78, 5) is 25.2. The number of hydrogen-bond donors (Lipinski definition) is 1. The maximum absolute atomic E-state index is 12.1. The highest BCUT2D eigenvalue weighted by Gasteiger charge is 2.23. The minimum absolute atomic E-state index is 0.193. The van der Waals surface area contributed by atoms with Gasteiger partial charge in [0.15, 0.2) is 0 Å². The molecular formula is C14H18N2O3. The number of urea groups is 1. The number of methoxy groups -OCH3 is 1. The van der Waals surface area contributed by atoms with Crippen LogP contribution in [0.5, 0.6) is 0 Å². The number of amides is 2. The van der Waals surface area contributed by atoms with Gasteiger partial charge in [-0.1, -0.05) is 12.1 Å². The molecule has 0 bridgehead atoms. The standard InChI is InChI=1S/C14H18N2O3/c1-16(14(18)15-10-6-5-7-10)12-9-4-3-8-11(12)13(17)19-2/h3-4,8-10H,5-7H2,1-2H3,(H,15,18). The lowest BCUT2D eigenvalue weighted by atomic mass is 9.93. The van der Waals surface area contributed by atoms with Crippen LogP contribution in [0.3, 0.4) is 0 Å². The number of rotatable bonds is 3. The Labute approximate surface area is 112 Å². The third kappa shape index (κ3) is 2.86. The van der Waals surface area contributed by atoms with Gasteiger partial charge in [0.1, 0.15) is 0 Å². The smallest absolute Gasteiger partial charge is 0.339 e. The molecule has 0 atom stereocenters. The summed E-state index contributed by atoms with van der Waals surface area (Å²) in [5.74, 6) is -0.445. The molecule has 1 aromatic carbocycles. The SMILES string of the molecule is COC(=O)c1ccccc1N(C)C(=O)NC1CCC1. The molecule has 0 unspecified atom stereocenters. The minimum atomic E-state index is -0.445. The first-order valence-corrected chi connectivity index (χ1v) is 6.35. The van der Waals surface area contributed by atoms with Crippen LogP contribution in [0.2, 0.25) is 0 Å². The summed E-state index contributed by atoms with van der Waals surface area (Å²) >= 11 is 0. The average molecular weight is 262 g/mol. The van der Waals surface area contributed by atoms with Crippen LogP contribution in [0.4, 0.5) is 10.5 Å². The fourth-order valence-electron chi connectivity index (χ4n) is 1.98. The van der Waals surface area contributed by atoms with Crippen LogP contribution in [0.1, 0.15) is 29.6 Å². The summed E-state index contributed by atoms with van der Waals surface area (Å²) < 4.78 is 4.72. The molecule has 0 saturated heterocycles. The number of benzene rings is 1. The van der Waals surface area contributed by atoms with Gasteiger partial charge in [0.2, 0.25) is 0 Å². The number of carbonyl (C=O) groups is 2. The molecule has 19 heavy (non-hydrogen) atoms. The molecule has 1 aromatic rings. The van der Waals surface area contributed by atoms with Crippen molar-refractivity contribution in [2.24, 2.45) is 0 Å².